The third-order valence-electron chi connectivity index (χ3n) is 4.13. The van der Waals surface area contributed by atoms with Gasteiger partial charge in [-0.15, -0.1) is 0 Å². The van der Waals surface area contributed by atoms with E-state index in [1.165, 1.54) is 23.2 Å². The molecule has 0 bridgehead atoms. The smallest absolute Gasteiger partial charge is 0.133 e. The van der Waals surface area contributed by atoms with Crippen LogP contribution in [-0.4, -0.2) is 23.1 Å². The van der Waals surface area contributed by atoms with Gasteiger partial charge in [-0.2, -0.15) is 0 Å². The van der Waals surface area contributed by atoms with Crippen LogP contribution in [0.5, 0.6) is 0 Å². The Morgan fingerprint density at radius 3 is 2.73 bits per heavy atom. The average Bonchev–Trinajstić information content (AvgIpc) is 3.03. The van der Waals surface area contributed by atoms with Crippen LogP contribution in [0.1, 0.15) is 35.5 Å². The van der Waals surface area contributed by atoms with Crippen LogP contribution in [0.3, 0.4) is 0 Å². The van der Waals surface area contributed by atoms with Crippen molar-refractivity contribution in [3.05, 3.63) is 53.0 Å². The SMILES string of the molecule is NCCCNc1nc(CCc2ccccc2)nc2c1CCC2. The highest BCUT2D eigenvalue weighted by Crippen LogP contribution is 2.26. The zero-order chi connectivity index (χ0) is 15.2. The van der Waals surface area contributed by atoms with Crippen molar-refractivity contribution in [3.8, 4) is 0 Å². The average molecular weight is 296 g/mol. The van der Waals surface area contributed by atoms with Gasteiger partial charge in [0.1, 0.15) is 11.6 Å². The van der Waals surface area contributed by atoms with E-state index in [1.807, 2.05) is 0 Å². The maximum atomic E-state index is 5.57. The molecule has 1 aromatic heterocycles. The summed E-state index contributed by atoms with van der Waals surface area (Å²) >= 11 is 0. The van der Waals surface area contributed by atoms with Gasteiger partial charge < -0.3 is 11.1 Å². The number of nitrogens with two attached hydrogens (primary N) is 1. The monoisotopic (exact) mass is 296 g/mol. The maximum absolute atomic E-state index is 5.57. The van der Waals surface area contributed by atoms with Crippen LogP contribution >= 0.6 is 0 Å². The normalized spacial score (nSPS) is 13.1. The third-order valence-corrected chi connectivity index (χ3v) is 4.13. The molecule has 3 rings (SSSR count). The molecule has 4 heteroatoms. The Morgan fingerprint density at radius 1 is 1.05 bits per heavy atom. The lowest BCUT2D eigenvalue weighted by Gasteiger charge is -2.12. The zero-order valence-electron chi connectivity index (χ0n) is 13.0. The second kappa shape index (κ2) is 7.36. The molecule has 0 aliphatic heterocycles. The molecule has 0 amide bonds. The van der Waals surface area contributed by atoms with Gasteiger partial charge in [0.05, 0.1) is 0 Å². The van der Waals surface area contributed by atoms with Gasteiger partial charge in [-0.3, -0.25) is 0 Å². The lowest BCUT2D eigenvalue weighted by molar-refractivity contribution is 0.824. The molecule has 0 saturated carbocycles. The van der Waals surface area contributed by atoms with Crippen molar-refractivity contribution in [2.75, 3.05) is 18.4 Å². The predicted octanol–water partition coefficient (Wildman–Crippen LogP) is 2.51. The van der Waals surface area contributed by atoms with Crippen LogP contribution in [0.15, 0.2) is 30.3 Å². The Labute approximate surface area is 132 Å². The summed E-state index contributed by atoms with van der Waals surface area (Å²) in [7, 11) is 0. The fourth-order valence-corrected chi connectivity index (χ4v) is 2.95. The second-order valence-electron chi connectivity index (χ2n) is 5.82. The summed E-state index contributed by atoms with van der Waals surface area (Å²) in [5.74, 6) is 2.00. The molecule has 1 aromatic carbocycles. The molecule has 1 aliphatic rings. The number of benzene rings is 1. The van der Waals surface area contributed by atoms with Gasteiger partial charge in [0, 0.05) is 24.2 Å². The van der Waals surface area contributed by atoms with Gasteiger partial charge in [0.2, 0.25) is 0 Å². The van der Waals surface area contributed by atoms with Gasteiger partial charge >= 0.3 is 0 Å². The minimum absolute atomic E-state index is 0.709. The summed E-state index contributed by atoms with van der Waals surface area (Å²) in [6, 6.07) is 10.5. The summed E-state index contributed by atoms with van der Waals surface area (Å²) in [6.45, 7) is 1.60. The Bertz CT molecular complexity index is 610. The number of nitrogens with zero attached hydrogens (tertiary/aromatic N) is 2. The minimum Gasteiger partial charge on any atom is -0.370 e. The van der Waals surface area contributed by atoms with Gasteiger partial charge in [-0.25, -0.2) is 9.97 Å². The van der Waals surface area contributed by atoms with Crippen molar-refractivity contribution >= 4 is 5.82 Å². The summed E-state index contributed by atoms with van der Waals surface area (Å²) in [5, 5.41) is 3.45. The van der Waals surface area contributed by atoms with Crippen molar-refractivity contribution in [3.63, 3.8) is 0 Å². The fraction of sp³-hybridized carbons (Fsp3) is 0.444. The second-order valence-corrected chi connectivity index (χ2v) is 5.82. The Balaban J connectivity index is 1.72. The third kappa shape index (κ3) is 3.63. The van der Waals surface area contributed by atoms with E-state index in [0.717, 1.165) is 50.3 Å². The first-order valence-corrected chi connectivity index (χ1v) is 8.23. The molecule has 0 saturated heterocycles. The van der Waals surface area contributed by atoms with Crippen molar-refractivity contribution in [1.82, 2.24) is 9.97 Å². The Kier molecular flexibility index (Phi) is 5.01. The van der Waals surface area contributed by atoms with E-state index in [9.17, 15) is 0 Å². The van der Waals surface area contributed by atoms with Crippen molar-refractivity contribution in [2.45, 2.75) is 38.5 Å². The van der Waals surface area contributed by atoms with Crippen LogP contribution in [-0.2, 0) is 25.7 Å². The quantitative estimate of drug-likeness (QED) is 0.771. The van der Waals surface area contributed by atoms with Crippen molar-refractivity contribution in [2.24, 2.45) is 5.73 Å². The van der Waals surface area contributed by atoms with Crippen LogP contribution in [0.4, 0.5) is 5.82 Å². The van der Waals surface area contributed by atoms with Gasteiger partial charge in [0.15, 0.2) is 0 Å². The number of aromatic nitrogens is 2. The minimum atomic E-state index is 0.709. The van der Waals surface area contributed by atoms with E-state index < -0.39 is 0 Å². The highest BCUT2D eigenvalue weighted by atomic mass is 15.0. The predicted molar refractivity (Wildman–Crippen MR) is 90.1 cm³/mol. The number of anilines is 1. The lowest BCUT2D eigenvalue weighted by atomic mass is 10.1. The zero-order valence-corrected chi connectivity index (χ0v) is 13.0. The van der Waals surface area contributed by atoms with E-state index in [0.29, 0.717) is 6.54 Å². The molecule has 4 nitrogen and oxygen atoms in total. The van der Waals surface area contributed by atoms with Gasteiger partial charge in [0.25, 0.3) is 0 Å². The standard InChI is InChI=1S/C18H24N4/c19-12-5-13-20-18-15-8-4-9-16(15)21-17(22-18)11-10-14-6-2-1-3-7-14/h1-3,6-7H,4-5,8-13,19H2,(H,20,21,22). The largest absolute Gasteiger partial charge is 0.370 e. The Hall–Kier alpha value is -1.94. The van der Waals surface area contributed by atoms with Crippen molar-refractivity contribution in [1.29, 1.82) is 0 Å². The van der Waals surface area contributed by atoms with Crippen LogP contribution < -0.4 is 11.1 Å². The number of nitrogens with one attached hydrogen (secondary N) is 1. The highest BCUT2D eigenvalue weighted by molar-refractivity contribution is 5.48. The summed E-state index contributed by atoms with van der Waals surface area (Å²) in [4.78, 5) is 9.55. The number of fused-ring (bicyclic) bond motifs is 1. The van der Waals surface area contributed by atoms with Gasteiger partial charge in [-0.1, -0.05) is 30.3 Å². The van der Waals surface area contributed by atoms with E-state index in [2.05, 4.69) is 35.6 Å². The molecule has 3 N–H and O–H groups in total. The first kappa shape index (κ1) is 15.0. The molecule has 22 heavy (non-hydrogen) atoms. The van der Waals surface area contributed by atoms with Crippen LogP contribution in [0.25, 0.3) is 0 Å². The number of rotatable bonds is 7. The molecule has 0 spiro atoms. The molecule has 2 aromatic rings. The number of hydrogen-bond acceptors (Lipinski definition) is 4. The molecule has 0 atom stereocenters. The molecule has 1 heterocycles. The van der Waals surface area contributed by atoms with Gasteiger partial charge in [-0.05, 0) is 44.2 Å². The molecule has 0 unspecified atom stereocenters. The fourth-order valence-electron chi connectivity index (χ4n) is 2.95. The van der Waals surface area contributed by atoms with Crippen LogP contribution in [0.2, 0.25) is 0 Å². The lowest BCUT2D eigenvalue weighted by Crippen LogP contribution is -2.13. The summed E-state index contributed by atoms with van der Waals surface area (Å²) in [6.07, 6.45) is 6.22. The molecule has 1 aliphatic carbocycles. The Morgan fingerprint density at radius 2 is 1.91 bits per heavy atom. The number of aryl methyl sites for hydroxylation is 3. The first-order valence-electron chi connectivity index (χ1n) is 8.23. The van der Waals surface area contributed by atoms with E-state index in [-0.39, 0.29) is 0 Å². The van der Waals surface area contributed by atoms with E-state index >= 15 is 0 Å². The summed E-state index contributed by atoms with van der Waals surface area (Å²) < 4.78 is 0. The summed E-state index contributed by atoms with van der Waals surface area (Å²) in [5.41, 5.74) is 9.48. The van der Waals surface area contributed by atoms with Crippen LogP contribution in [0, 0.1) is 0 Å². The highest BCUT2D eigenvalue weighted by Gasteiger charge is 2.19. The number of hydrogen-bond donors (Lipinski definition) is 2. The topological polar surface area (TPSA) is 63.8 Å². The molecular weight excluding hydrogens is 272 g/mol. The molecule has 0 fully saturated rings. The maximum Gasteiger partial charge on any atom is 0.133 e. The molecular formula is C18H24N4. The van der Waals surface area contributed by atoms with E-state index in [1.54, 1.807) is 0 Å². The van der Waals surface area contributed by atoms with Crippen molar-refractivity contribution < 1.29 is 0 Å². The van der Waals surface area contributed by atoms with E-state index in [4.69, 9.17) is 15.7 Å². The molecule has 116 valence electrons. The first-order chi connectivity index (χ1) is 10.9. The molecule has 0 radical (unpaired) electrons.